The van der Waals surface area contributed by atoms with Crippen LogP contribution in [0.15, 0.2) is 52.3 Å². The van der Waals surface area contributed by atoms with E-state index in [0.29, 0.717) is 26.3 Å². The quantitative estimate of drug-likeness (QED) is 0.546. The SMILES string of the molecule is CCN(CC)S(=O)(=O)c1cccc(C(=O)Nc2ccc(OC)c(S(=O)(=O)N3CCOCC3)c2)c1. The predicted molar refractivity (Wildman–Crippen MR) is 127 cm³/mol. The predicted octanol–water partition coefficient (Wildman–Crippen LogP) is 2.00. The van der Waals surface area contributed by atoms with E-state index >= 15 is 0 Å². The zero-order valence-electron chi connectivity index (χ0n) is 19.4. The van der Waals surface area contributed by atoms with Gasteiger partial charge < -0.3 is 14.8 Å². The molecule has 1 amide bonds. The molecule has 0 saturated carbocycles. The third-order valence-corrected chi connectivity index (χ3v) is 9.41. The average Bonchev–Trinajstić information content (AvgIpc) is 2.85. The average molecular weight is 512 g/mol. The van der Waals surface area contributed by atoms with Gasteiger partial charge in [-0.15, -0.1) is 0 Å². The molecule has 0 atom stereocenters. The Hall–Kier alpha value is -2.51. The van der Waals surface area contributed by atoms with E-state index in [4.69, 9.17) is 9.47 Å². The van der Waals surface area contributed by atoms with Gasteiger partial charge in [0.15, 0.2) is 0 Å². The van der Waals surface area contributed by atoms with Gasteiger partial charge in [-0.05, 0) is 36.4 Å². The van der Waals surface area contributed by atoms with Crippen molar-refractivity contribution in [3.8, 4) is 5.75 Å². The fourth-order valence-corrected chi connectivity index (χ4v) is 6.69. The molecule has 34 heavy (non-hydrogen) atoms. The molecule has 0 bridgehead atoms. The Morgan fingerprint density at radius 3 is 2.35 bits per heavy atom. The highest BCUT2D eigenvalue weighted by molar-refractivity contribution is 7.89. The lowest BCUT2D eigenvalue weighted by Crippen LogP contribution is -2.40. The van der Waals surface area contributed by atoms with Gasteiger partial charge in [-0.2, -0.15) is 8.61 Å². The molecule has 0 radical (unpaired) electrons. The molecule has 0 aliphatic carbocycles. The number of carbonyl (C=O) groups is 1. The Morgan fingerprint density at radius 2 is 1.74 bits per heavy atom. The molecule has 1 aliphatic rings. The minimum atomic E-state index is -3.88. The van der Waals surface area contributed by atoms with E-state index in [2.05, 4.69) is 5.32 Å². The highest BCUT2D eigenvalue weighted by atomic mass is 32.2. The van der Waals surface area contributed by atoms with Crippen LogP contribution in [-0.4, -0.2) is 77.9 Å². The number of ether oxygens (including phenoxy) is 2. The summed E-state index contributed by atoms with van der Waals surface area (Å²) in [4.78, 5) is 12.8. The van der Waals surface area contributed by atoms with Crippen molar-refractivity contribution >= 4 is 31.6 Å². The Labute approximate surface area is 200 Å². The first-order chi connectivity index (χ1) is 16.1. The van der Waals surface area contributed by atoms with Gasteiger partial charge in [0.1, 0.15) is 10.6 Å². The van der Waals surface area contributed by atoms with Crippen LogP contribution >= 0.6 is 0 Å². The van der Waals surface area contributed by atoms with Crippen LogP contribution in [0.1, 0.15) is 24.2 Å². The fourth-order valence-electron chi connectivity index (χ4n) is 3.60. The summed E-state index contributed by atoms with van der Waals surface area (Å²) in [5.74, 6) is -0.423. The molecule has 2 aromatic carbocycles. The standard InChI is InChI=1S/C22H29N3O7S2/c1-4-24(5-2)33(27,28)19-8-6-7-17(15-19)22(26)23-18-9-10-20(31-3)21(16-18)34(29,30)25-11-13-32-14-12-25/h6-10,15-16H,4-5,11-14H2,1-3H3,(H,23,26). The minimum absolute atomic E-state index is 0.00849. The van der Waals surface area contributed by atoms with E-state index in [1.54, 1.807) is 13.8 Å². The maximum absolute atomic E-state index is 13.2. The molecule has 0 aromatic heterocycles. The number of benzene rings is 2. The number of hydrogen-bond donors (Lipinski definition) is 1. The van der Waals surface area contributed by atoms with Crippen LogP contribution in [0, 0.1) is 0 Å². The Morgan fingerprint density at radius 1 is 1.06 bits per heavy atom. The molecule has 0 spiro atoms. The van der Waals surface area contributed by atoms with Gasteiger partial charge in [0.25, 0.3) is 5.91 Å². The lowest BCUT2D eigenvalue weighted by Gasteiger charge is -2.26. The van der Waals surface area contributed by atoms with Crippen molar-refractivity contribution in [1.82, 2.24) is 8.61 Å². The van der Waals surface area contributed by atoms with E-state index in [1.807, 2.05) is 0 Å². The number of hydrogen-bond acceptors (Lipinski definition) is 7. The molecule has 1 N–H and O–H groups in total. The normalized spacial score (nSPS) is 15.3. The molecular formula is C22H29N3O7S2. The van der Waals surface area contributed by atoms with E-state index in [-0.39, 0.29) is 39.9 Å². The van der Waals surface area contributed by atoms with Crippen molar-refractivity contribution in [3.63, 3.8) is 0 Å². The van der Waals surface area contributed by atoms with E-state index in [9.17, 15) is 21.6 Å². The molecular weight excluding hydrogens is 482 g/mol. The minimum Gasteiger partial charge on any atom is -0.495 e. The number of nitrogens with one attached hydrogen (secondary N) is 1. The maximum atomic E-state index is 13.2. The van der Waals surface area contributed by atoms with Crippen LogP contribution < -0.4 is 10.1 Å². The number of morpholine rings is 1. The molecule has 1 heterocycles. The number of amides is 1. The summed E-state index contributed by atoms with van der Waals surface area (Å²) in [5, 5.41) is 2.65. The molecule has 186 valence electrons. The summed E-state index contributed by atoms with van der Waals surface area (Å²) in [5.41, 5.74) is 0.358. The number of sulfonamides is 2. The first-order valence-corrected chi connectivity index (χ1v) is 13.7. The smallest absolute Gasteiger partial charge is 0.255 e. The number of methoxy groups -OCH3 is 1. The van der Waals surface area contributed by atoms with Crippen LogP contribution in [0.3, 0.4) is 0 Å². The number of rotatable bonds is 9. The summed E-state index contributed by atoms with van der Waals surface area (Å²) in [6.07, 6.45) is 0. The van der Waals surface area contributed by atoms with Gasteiger partial charge in [0.2, 0.25) is 20.0 Å². The van der Waals surface area contributed by atoms with Crippen molar-refractivity contribution in [2.75, 3.05) is 51.8 Å². The van der Waals surface area contributed by atoms with E-state index in [0.717, 1.165) is 0 Å². The lowest BCUT2D eigenvalue weighted by atomic mass is 10.2. The molecule has 1 saturated heterocycles. The molecule has 3 rings (SSSR count). The number of nitrogens with zero attached hydrogens (tertiary/aromatic N) is 2. The monoisotopic (exact) mass is 511 g/mol. The van der Waals surface area contributed by atoms with Crippen LogP contribution in [0.25, 0.3) is 0 Å². The summed E-state index contributed by atoms with van der Waals surface area (Å²) in [6, 6.07) is 10.0. The molecule has 1 aliphatic heterocycles. The Balaban J connectivity index is 1.89. The van der Waals surface area contributed by atoms with Crippen LogP contribution in [0.5, 0.6) is 5.75 Å². The van der Waals surface area contributed by atoms with E-state index in [1.165, 1.54) is 58.2 Å². The van der Waals surface area contributed by atoms with Gasteiger partial charge in [-0.3, -0.25) is 4.79 Å². The molecule has 12 heteroatoms. The zero-order valence-corrected chi connectivity index (χ0v) is 21.0. The van der Waals surface area contributed by atoms with Crippen LogP contribution in [0.2, 0.25) is 0 Å². The summed E-state index contributed by atoms with van der Waals surface area (Å²) in [6.45, 7) is 5.12. The number of anilines is 1. The van der Waals surface area contributed by atoms with Crippen molar-refractivity contribution in [1.29, 1.82) is 0 Å². The second-order valence-electron chi connectivity index (χ2n) is 7.45. The molecule has 10 nitrogen and oxygen atoms in total. The van der Waals surface area contributed by atoms with Gasteiger partial charge in [-0.1, -0.05) is 19.9 Å². The van der Waals surface area contributed by atoms with Crippen molar-refractivity contribution < 1.29 is 31.1 Å². The Kier molecular flexibility index (Phi) is 8.31. The van der Waals surface area contributed by atoms with Crippen LogP contribution in [-0.2, 0) is 24.8 Å². The maximum Gasteiger partial charge on any atom is 0.255 e. The summed E-state index contributed by atoms with van der Waals surface area (Å²) >= 11 is 0. The summed E-state index contributed by atoms with van der Waals surface area (Å²) in [7, 11) is -6.24. The third kappa shape index (κ3) is 5.41. The first kappa shape index (κ1) is 26.1. The zero-order chi connectivity index (χ0) is 24.9. The van der Waals surface area contributed by atoms with Crippen molar-refractivity contribution in [2.45, 2.75) is 23.6 Å². The topological polar surface area (TPSA) is 122 Å². The Bertz CT molecular complexity index is 1240. The third-order valence-electron chi connectivity index (χ3n) is 5.45. The summed E-state index contributed by atoms with van der Waals surface area (Å²) < 4.78 is 65.0. The van der Waals surface area contributed by atoms with Gasteiger partial charge in [-0.25, -0.2) is 16.8 Å². The molecule has 2 aromatic rings. The van der Waals surface area contributed by atoms with Gasteiger partial charge in [0.05, 0.1) is 25.2 Å². The highest BCUT2D eigenvalue weighted by Gasteiger charge is 2.30. The van der Waals surface area contributed by atoms with E-state index < -0.39 is 26.0 Å². The lowest BCUT2D eigenvalue weighted by molar-refractivity contribution is 0.0729. The molecule has 1 fully saturated rings. The second-order valence-corrected chi connectivity index (χ2v) is 11.3. The van der Waals surface area contributed by atoms with Crippen LogP contribution in [0.4, 0.5) is 5.69 Å². The second kappa shape index (κ2) is 10.8. The first-order valence-electron chi connectivity index (χ1n) is 10.8. The fraction of sp³-hybridized carbons (Fsp3) is 0.409. The molecule has 0 unspecified atom stereocenters. The van der Waals surface area contributed by atoms with Crippen molar-refractivity contribution in [3.05, 3.63) is 48.0 Å². The largest absolute Gasteiger partial charge is 0.495 e. The highest BCUT2D eigenvalue weighted by Crippen LogP contribution is 2.30. The number of carbonyl (C=O) groups excluding carboxylic acids is 1. The van der Waals surface area contributed by atoms with Gasteiger partial charge in [0, 0.05) is 37.4 Å². The van der Waals surface area contributed by atoms with Crippen molar-refractivity contribution in [2.24, 2.45) is 0 Å². The van der Waals surface area contributed by atoms with Gasteiger partial charge >= 0.3 is 0 Å².